The lowest BCUT2D eigenvalue weighted by Gasteiger charge is -1.96. The third-order valence-corrected chi connectivity index (χ3v) is 3.03. The summed E-state index contributed by atoms with van der Waals surface area (Å²) in [6, 6.07) is 4.23. The molecule has 0 fully saturated rings. The lowest BCUT2D eigenvalue weighted by Crippen LogP contribution is -1.84. The average Bonchev–Trinajstić information content (AvgIpc) is 2.76. The minimum absolute atomic E-state index is 0.672. The van der Waals surface area contributed by atoms with Gasteiger partial charge < -0.3 is 0 Å². The van der Waals surface area contributed by atoms with Gasteiger partial charge in [-0.05, 0) is 25.5 Å². The average molecular weight is 248 g/mol. The molecule has 0 bridgehead atoms. The van der Waals surface area contributed by atoms with Gasteiger partial charge in [-0.2, -0.15) is 5.26 Å². The van der Waals surface area contributed by atoms with Gasteiger partial charge in [0.1, 0.15) is 10.9 Å². The molecule has 2 aromatic rings. The second-order valence-corrected chi connectivity index (χ2v) is 4.22. The van der Waals surface area contributed by atoms with Crippen molar-refractivity contribution in [1.82, 2.24) is 4.98 Å². The van der Waals surface area contributed by atoms with Crippen LogP contribution in [0, 0.1) is 25.2 Å². The van der Waals surface area contributed by atoms with E-state index in [-0.39, 0.29) is 0 Å². The summed E-state index contributed by atoms with van der Waals surface area (Å²) in [5.74, 6) is 0. The molecule has 0 aliphatic heterocycles. The normalized spacial score (nSPS) is 8.53. The van der Waals surface area contributed by atoms with Crippen LogP contribution in [0.1, 0.15) is 43.7 Å². The standard InChI is InChI=1S/C10H8N2S.2C2H6/c1-6-3-9-7(2)8(4-11)5-12-10(9)13-6;2*1-2/h3,5H,1-2H3;2*1-2H3. The van der Waals surface area contributed by atoms with E-state index in [1.807, 2.05) is 34.6 Å². The Morgan fingerprint density at radius 3 is 2.29 bits per heavy atom. The summed E-state index contributed by atoms with van der Waals surface area (Å²) >= 11 is 1.66. The quantitative estimate of drug-likeness (QED) is 0.669. The number of hydrogen-bond acceptors (Lipinski definition) is 3. The third-order valence-electron chi connectivity index (χ3n) is 2.08. The second kappa shape index (κ2) is 7.81. The van der Waals surface area contributed by atoms with Crippen molar-refractivity contribution in [2.45, 2.75) is 41.5 Å². The first-order valence-corrected chi connectivity index (χ1v) is 6.80. The van der Waals surface area contributed by atoms with E-state index in [0.717, 1.165) is 15.8 Å². The molecule has 17 heavy (non-hydrogen) atoms. The first-order chi connectivity index (χ1) is 8.22. The molecule has 2 aromatic heterocycles. The number of nitrogens with zero attached hydrogens (tertiary/aromatic N) is 2. The zero-order valence-electron chi connectivity index (χ0n) is 11.5. The Bertz CT molecular complexity index is 507. The van der Waals surface area contributed by atoms with Gasteiger partial charge in [-0.3, -0.25) is 0 Å². The lowest BCUT2D eigenvalue weighted by molar-refractivity contribution is 1.34. The number of thiophene rings is 1. The maximum absolute atomic E-state index is 8.80. The fraction of sp³-hybridized carbons (Fsp3) is 0.429. The minimum atomic E-state index is 0.672. The van der Waals surface area contributed by atoms with E-state index >= 15 is 0 Å². The number of pyridine rings is 1. The zero-order valence-corrected chi connectivity index (χ0v) is 12.3. The monoisotopic (exact) mass is 248 g/mol. The smallest absolute Gasteiger partial charge is 0.123 e. The molecule has 0 unspecified atom stereocenters. The van der Waals surface area contributed by atoms with Crippen LogP contribution in [0.2, 0.25) is 0 Å². The van der Waals surface area contributed by atoms with Crippen LogP contribution in [0.3, 0.4) is 0 Å². The maximum Gasteiger partial charge on any atom is 0.123 e. The summed E-state index contributed by atoms with van der Waals surface area (Å²) < 4.78 is 0. The molecule has 0 radical (unpaired) electrons. The van der Waals surface area contributed by atoms with Gasteiger partial charge in [0, 0.05) is 16.5 Å². The van der Waals surface area contributed by atoms with Crippen molar-refractivity contribution in [3.63, 3.8) is 0 Å². The van der Waals surface area contributed by atoms with E-state index in [2.05, 4.69) is 24.0 Å². The van der Waals surface area contributed by atoms with Crippen LogP contribution in [0.25, 0.3) is 10.2 Å². The fourth-order valence-electron chi connectivity index (χ4n) is 1.34. The van der Waals surface area contributed by atoms with E-state index in [9.17, 15) is 0 Å². The van der Waals surface area contributed by atoms with Gasteiger partial charge in [0.05, 0.1) is 5.56 Å². The zero-order chi connectivity index (χ0) is 13.4. The largest absolute Gasteiger partial charge is 0.244 e. The molecule has 0 spiro atoms. The highest BCUT2D eigenvalue weighted by molar-refractivity contribution is 7.18. The van der Waals surface area contributed by atoms with Crippen molar-refractivity contribution in [2.75, 3.05) is 0 Å². The molecule has 0 aliphatic rings. The molecule has 92 valence electrons. The van der Waals surface area contributed by atoms with Crippen LogP contribution in [-0.4, -0.2) is 4.98 Å². The molecule has 0 amide bonds. The molecular weight excluding hydrogens is 228 g/mol. The number of rotatable bonds is 0. The van der Waals surface area contributed by atoms with Gasteiger partial charge in [0.2, 0.25) is 0 Å². The molecule has 0 saturated carbocycles. The van der Waals surface area contributed by atoms with Crippen LogP contribution >= 0.6 is 11.3 Å². The van der Waals surface area contributed by atoms with Crippen LogP contribution in [0.15, 0.2) is 12.3 Å². The molecule has 0 aliphatic carbocycles. The van der Waals surface area contributed by atoms with Crippen LogP contribution in [0.5, 0.6) is 0 Å². The Morgan fingerprint density at radius 2 is 1.76 bits per heavy atom. The third kappa shape index (κ3) is 3.54. The van der Waals surface area contributed by atoms with Crippen LogP contribution < -0.4 is 0 Å². The first-order valence-electron chi connectivity index (χ1n) is 5.98. The first kappa shape index (κ1) is 15.6. The Hall–Kier alpha value is -1.40. The van der Waals surface area contributed by atoms with Crippen LogP contribution in [0.4, 0.5) is 0 Å². The molecule has 2 nitrogen and oxygen atoms in total. The number of aryl methyl sites for hydroxylation is 2. The van der Waals surface area contributed by atoms with Crippen LogP contribution in [-0.2, 0) is 0 Å². The lowest BCUT2D eigenvalue weighted by atomic mass is 10.1. The van der Waals surface area contributed by atoms with Gasteiger partial charge in [0.15, 0.2) is 0 Å². The van der Waals surface area contributed by atoms with Gasteiger partial charge in [0.25, 0.3) is 0 Å². The van der Waals surface area contributed by atoms with E-state index in [1.54, 1.807) is 17.5 Å². The van der Waals surface area contributed by atoms with Crippen molar-refractivity contribution in [3.8, 4) is 6.07 Å². The summed E-state index contributed by atoms with van der Waals surface area (Å²) in [7, 11) is 0. The highest BCUT2D eigenvalue weighted by Crippen LogP contribution is 2.26. The summed E-state index contributed by atoms with van der Waals surface area (Å²) in [5.41, 5.74) is 1.71. The predicted molar refractivity (Wildman–Crippen MR) is 76.5 cm³/mol. The molecule has 0 N–H and O–H groups in total. The predicted octanol–water partition coefficient (Wildman–Crippen LogP) is 4.84. The number of hydrogen-bond donors (Lipinski definition) is 0. The van der Waals surface area contributed by atoms with Gasteiger partial charge in [-0.1, -0.05) is 27.7 Å². The molecule has 2 heterocycles. The van der Waals surface area contributed by atoms with E-state index in [0.29, 0.717) is 5.56 Å². The number of nitriles is 1. The molecule has 2 rings (SSSR count). The minimum Gasteiger partial charge on any atom is -0.244 e. The summed E-state index contributed by atoms with van der Waals surface area (Å²) in [5, 5.41) is 9.91. The molecule has 0 aromatic carbocycles. The summed E-state index contributed by atoms with van der Waals surface area (Å²) in [6.07, 6.45) is 1.65. The summed E-state index contributed by atoms with van der Waals surface area (Å²) in [4.78, 5) is 6.49. The van der Waals surface area contributed by atoms with E-state index in [4.69, 9.17) is 5.26 Å². The van der Waals surface area contributed by atoms with Crippen molar-refractivity contribution >= 4 is 21.6 Å². The number of fused-ring (bicyclic) bond motifs is 1. The molecule has 0 saturated heterocycles. The second-order valence-electron chi connectivity index (χ2n) is 2.98. The van der Waals surface area contributed by atoms with Gasteiger partial charge in [-0.25, -0.2) is 4.98 Å². The van der Waals surface area contributed by atoms with Crippen molar-refractivity contribution in [1.29, 1.82) is 5.26 Å². The SMILES string of the molecule is CC.CC.Cc1cc2c(C)c(C#N)cnc2s1. The van der Waals surface area contributed by atoms with Crippen molar-refractivity contribution in [3.05, 3.63) is 28.3 Å². The molecule has 0 atom stereocenters. The van der Waals surface area contributed by atoms with E-state index in [1.165, 1.54) is 4.88 Å². The molecule has 3 heteroatoms. The van der Waals surface area contributed by atoms with Crippen molar-refractivity contribution in [2.24, 2.45) is 0 Å². The van der Waals surface area contributed by atoms with Gasteiger partial charge >= 0.3 is 0 Å². The van der Waals surface area contributed by atoms with E-state index < -0.39 is 0 Å². The highest BCUT2D eigenvalue weighted by atomic mass is 32.1. The maximum atomic E-state index is 8.80. The van der Waals surface area contributed by atoms with Crippen molar-refractivity contribution < 1.29 is 0 Å². The fourth-order valence-corrected chi connectivity index (χ4v) is 2.25. The Kier molecular flexibility index (Phi) is 7.16. The number of aromatic nitrogens is 1. The topological polar surface area (TPSA) is 36.7 Å². The molecular formula is C14H20N2S. The van der Waals surface area contributed by atoms with Gasteiger partial charge in [-0.15, -0.1) is 11.3 Å². The Balaban J connectivity index is 0.000000581. The Labute approximate surface area is 108 Å². The highest BCUT2D eigenvalue weighted by Gasteiger charge is 2.06. The summed E-state index contributed by atoms with van der Waals surface area (Å²) in [6.45, 7) is 12.0. The Morgan fingerprint density at radius 1 is 1.18 bits per heavy atom.